The van der Waals surface area contributed by atoms with E-state index >= 15 is 0 Å². The van der Waals surface area contributed by atoms with E-state index in [1.807, 2.05) is 4.90 Å². The van der Waals surface area contributed by atoms with E-state index in [2.05, 4.69) is 36.5 Å². The molecular formula is C21H27N2O2+. The first kappa shape index (κ1) is 14.6. The van der Waals surface area contributed by atoms with Crippen molar-refractivity contribution >= 4 is 11.7 Å². The minimum atomic E-state index is -0.152. The van der Waals surface area contributed by atoms with E-state index in [0.29, 0.717) is 17.4 Å². The van der Waals surface area contributed by atoms with Gasteiger partial charge in [0.05, 0.1) is 37.1 Å². The molecule has 4 heteroatoms. The smallest absolute Gasteiger partial charge is 0.311 e. The van der Waals surface area contributed by atoms with Crippen LogP contribution in [0.15, 0.2) is 24.3 Å². The maximum absolute atomic E-state index is 12.9. The van der Waals surface area contributed by atoms with Crippen molar-refractivity contribution in [2.24, 2.45) is 17.3 Å². The Morgan fingerprint density at radius 3 is 2.96 bits per heavy atom. The number of ether oxygens (including phenoxy) is 1. The van der Waals surface area contributed by atoms with Gasteiger partial charge in [-0.3, -0.25) is 4.79 Å². The second-order valence-corrected chi connectivity index (χ2v) is 9.19. The first-order valence-electron chi connectivity index (χ1n) is 9.92. The first-order chi connectivity index (χ1) is 12.1. The molecule has 5 aliphatic rings. The van der Waals surface area contributed by atoms with Gasteiger partial charge < -0.3 is 15.0 Å². The predicted molar refractivity (Wildman–Crippen MR) is 94.5 cm³/mol. The summed E-state index contributed by atoms with van der Waals surface area (Å²) in [6.45, 7) is 5.00. The minimum absolute atomic E-state index is 0.000814. The molecule has 0 aromatic heterocycles. The number of piperidine rings is 1. The number of carbonyl (C=O) groups is 1. The van der Waals surface area contributed by atoms with Gasteiger partial charge >= 0.3 is 5.97 Å². The number of esters is 1. The lowest BCUT2D eigenvalue weighted by molar-refractivity contribution is -0.928. The normalized spacial score (nSPS) is 50.8. The largest absolute Gasteiger partial charge is 0.469 e. The molecule has 1 unspecified atom stereocenters. The van der Waals surface area contributed by atoms with Crippen LogP contribution < -0.4 is 10.2 Å². The number of nitrogens with one attached hydrogen (secondary N) is 2. The third kappa shape index (κ3) is 1.23. The average molecular weight is 339 g/mol. The van der Waals surface area contributed by atoms with Crippen molar-refractivity contribution in [2.45, 2.75) is 49.6 Å². The summed E-state index contributed by atoms with van der Waals surface area (Å²) in [5, 5.41) is 3.97. The van der Waals surface area contributed by atoms with Crippen molar-refractivity contribution in [3.63, 3.8) is 0 Å². The van der Waals surface area contributed by atoms with Gasteiger partial charge in [0.15, 0.2) is 0 Å². The molecule has 6 rings (SSSR count). The number of hydrogen-bond donors (Lipinski definition) is 2. The highest BCUT2D eigenvalue weighted by Crippen LogP contribution is 2.77. The molecule has 25 heavy (non-hydrogen) atoms. The number of benzene rings is 1. The van der Waals surface area contributed by atoms with Gasteiger partial charge in [-0.25, -0.2) is 0 Å². The molecule has 0 radical (unpaired) electrons. The summed E-state index contributed by atoms with van der Waals surface area (Å²) >= 11 is 0. The molecule has 7 atom stereocenters. The predicted octanol–water partition coefficient (Wildman–Crippen LogP) is 1.37. The fourth-order valence-corrected chi connectivity index (χ4v) is 8.69. The summed E-state index contributed by atoms with van der Waals surface area (Å²) in [6.07, 6.45) is 4.80. The number of anilines is 1. The molecule has 2 bridgehead atoms. The summed E-state index contributed by atoms with van der Waals surface area (Å²) in [7, 11) is 1.56. The molecule has 1 aromatic rings. The monoisotopic (exact) mass is 339 g/mol. The third-order valence-corrected chi connectivity index (χ3v) is 9.11. The molecule has 132 valence electrons. The minimum Gasteiger partial charge on any atom is -0.469 e. The molecule has 1 aromatic carbocycles. The Bertz CT molecular complexity index is 794. The Kier molecular flexibility index (Phi) is 2.47. The topological polar surface area (TPSA) is 42.8 Å². The fourth-order valence-electron chi connectivity index (χ4n) is 8.69. The summed E-state index contributed by atoms with van der Waals surface area (Å²) in [4.78, 5) is 14.7. The Morgan fingerprint density at radius 2 is 2.12 bits per heavy atom. The van der Waals surface area contributed by atoms with Gasteiger partial charge in [-0.15, -0.1) is 0 Å². The van der Waals surface area contributed by atoms with E-state index in [0.717, 1.165) is 6.42 Å². The maximum atomic E-state index is 12.9. The number of quaternary nitrogens is 1. The Balaban J connectivity index is 1.67. The maximum Gasteiger partial charge on any atom is 0.311 e. The van der Waals surface area contributed by atoms with Crippen LogP contribution in [0.4, 0.5) is 5.69 Å². The Labute approximate surface area is 148 Å². The van der Waals surface area contributed by atoms with E-state index in [1.54, 1.807) is 7.11 Å². The zero-order chi connectivity index (χ0) is 17.0. The molecule has 2 aliphatic carbocycles. The average Bonchev–Trinajstić information content (AvgIpc) is 3.29. The molecule has 2 saturated heterocycles. The Hall–Kier alpha value is -1.55. The molecular weight excluding hydrogens is 312 g/mol. The summed E-state index contributed by atoms with van der Waals surface area (Å²) in [5.41, 5.74) is 3.00. The standard InChI is InChI=1S/C21H26N2O2/c1-13-19-8-5-10-23-11-9-20(18(19)23)14-6-3-4-7-16(14)22-21(13,20)15(12-19)17(24)25-2/h3-4,6-7,13,15,18,22H,5,8-12H2,1-2H3/p+1/t13-,15+,18+,19+,20-,21-/m1/s1. The lowest BCUT2D eigenvalue weighted by atomic mass is 9.56. The van der Waals surface area contributed by atoms with Crippen LogP contribution in [-0.2, 0) is 14.9 Å². The summed E-state index contributed by atoms with van der Waals surface area (Å²) < 4.78 is 5.33. The fraction of sp³-hybridized carbons (Fsp3) is 0.667. The second kappa shape index (κ2) is 4.22. The second-order valence-electron chi connectivity index (χ2n) is 9.19. The van der Waals surface area contributed by atoms with Crippen molar-refractivity contribution < 1.29 is 14.4 Å². The van der Waals surface area contributed by atoms with E-state index in [1.165, 1.54) is 43.6 Å². The first-order valence-corrected chi connectivity index (χ1v) is 9.92. The van der Waals surface area contributed by atoms with E-state index in [-0.39, 0.29) is 22.8 Å². The van der Waals surface area contributed by atoms with Crippen LogP contribution in [0.5, 0.6) is 0 Å². The summed E-state index contributed by atoms with van der Waals surface area (Å²) in [6, 6.07) is 9.54. The Morgan fingerprint density at radius 1 is 1.28 bits per heavy atom. The molecule has 2 saturated carbocycles. The number of fused-ring (bicyclic) bond motifs is 1. The zero-order valence-electron chi connectivity index (χ0n) is 15.1. The number of para-hydroxylation sites is 1. The van der Waals surface area contributed by atoms with Crippen molar-refractivity contribution in [2.75, 3.05) is 25.5 Å². The van der Waals surface area contributed by atoms with Crippen molar-refractivity contribution in [1.82, 2.24) is 0 Å². The highest BCUT2D eigenvalue weighted by atomic mass is 16.5. The van der Waals surface area contributed by atoms with Crippen molar-refractivity contribution in [3.05, 3.63) is 29.8 Å². The van der Waals surface area contributed by atoms with E-state index in [4.69, 9.17) is 4.74 Å². The lowest BCUT2D eigenvalue weighted by Gasteiger charge is -2.49. The van der Waals surface area contributed by atoms with Crippen LogP contribution in [0, 0.1) is 17.3 Å². The molecule has 4 fully saturated rings. The van der Waals surface area contributed by atoms with Gasteiger partial charge in [-0.1, -0.05) is 25.1 Å². The number of carbonyl (C=O) groups excluding carboxylic acids is 1. The van der Waals surface area contributed by atoms with Crippen molar-refractivity contribution in [3.8, 4) is 0 Å². The highest BCUT2D eigenvalue weighted by molar-refractivity contribution is 5.81. The molecule has 3 aliphatic heterocycles. The number of methoxy groups -OCH3 is 1. The van der Waals surface area contributed by atoms with E-state index < -0.39 is 0 Å². The van der Waals surface area contributed by atoms with Crippen LogP contribution in [-0.4, -0.2) is 37.7 Å². The van der Waals surface area contributed by atoms with Gasteiger partial charge in [-0.05, 0) is 36.8 Å². The highest BCUT2D eigenvalue weighted by Gasteiger charge is 2.88. The van der Waals surface area contributed by atoms with Crippen LogP contribution in [0.25, 0.3) is 0 Å². The van der Waals surface area contributed by atoms with Gasteiger partial charge in [0.25, 0.3) is 0 Å². The van der Waals surface area contributed by atoms with Gasteiger partial charge in [-0.2, -0.15) is 0 Å². The molecule has 2 N–H and O–H groups in total. The number of rotatable bonds is 1. The molecule has 3 spiro atoms. The van der Waals surface area contributed by atoms with Crippen molar-refractivity contribution in [1.29, 1.82) is 0 Å². The van der Waals surface area contributed by atoms with Gasteiger partial charge in [0.1, 0.15) is 6.04 Å². The van der Waals surface area contributed by atoms with Crippen LogP contribution in [0.3, 0.4) is 0 Å². The van der Waals surface area contributed by atoms with E-state index in [9.17, 15) is 4.79 Å². The van der Waals surface area contributed by atoms with Gasteiger partial charge in [0, 0.05) is 17.5 Å². The third-order valence-electron chi connectivity index (χ3n) is 9.11. The zero-order valence-corrected chi connectivity index (χ0v) is 15.1. The number of hydrogen-bond acceptors (Lipinski definition) is 3. The van der Waals surface area contributed by atoms with Gasteiger partial charge in [0.2, 0.25) is 0 Å². The lowest BCUT2D eigenvalue weighted by Crippen LogP contribution is -3.17. The molecule has 0 amide bonds. The molecule has 3 heterocycles. The summed E-state index contributed by atoms with van der Waals surface area (Å²) in [5.74, 6) is 0.492. The van der Waals surface area contributed by atoms with Crippen LogP contribution >= 0.6 is 0 Å². The molecule has 4 nitrogen and oxygen atoms in total. The quantitative estimate of drug-likeness (QED) is 0.760. The SMILES string of the molecule is COC(=O)[C@@H]1C[C@@]23CCC[NH+]4CC[C@@]5(c6ccccc6N[C@]15[C@@H]2C)[C@@H]43. The van der Waals surface area contributed by atoms with Crippen LogP contribution in [0.1, 0.15) is 38.2 Å². The van der Waals surface area contributed by atoms with Crippen LogP contribution in [0.2, 0.25) is 0 Å².